The molecule has 0 fully saturated rings. The van der Waals surface area contributed by atoms with Crippen molar-refractivity contribution in [2.45, 2.75) is 39.7 Å². The Morgan fingerprint density at radius 3 is 2.07 bits per heavy atom. The molecule has 5 rings (SSSR count). The highest BCUT2D eigenvalue weighted by molar-refractivity contribution is 5.78. The van der Waals surface area contributed by atoms with E-state index in [1.807, 2.05) is 0 Å². The highest BCUT2D eigenvalue weighted by atomic mass is 15.1. The molecule has 0 atom stereocenters. The highest BCUT2D eigenvalue weighted by Crippen LogP contribution is 2.45. The van der Waals surface area contributed by atoms with Gasteiger partial charge in [-0.05, 0) is 60.6 Å². The Balaban J connectivity index is 1.41. The first-order valence-electron chi connectivity index (χ1n) is 10.4. The number of hydrogen-bond donors (Lipinski definition) is 0. The van der Waals surface area contributed by atoms with Crippen LogP contribution in [0.2, 0.25) is 0 Å². The van der Waals surface area contributed by atoms with Gasteiger partial charge in [-0.25, -0.2) is 0 Å². The van der Waals surface area contributed by atoms with Crippen LogP contribution in [-0.2, 0) is 6.54 Å². The maximum absolute atomic E-state index is 3.54. The number of nitrogens with zero attached hydrogens (tertiary/aromatic N) is 2. The van der Waals surface area contributed by atoms with E-state index >= 15 is 0 Å². The molecule has 1 aromatic heterocycles. The standard InChI is InChI=1S/C27H26N2/c1-19-16-20(2)27(21(3)17-19)29-15-14-28(18-29)13-12-26-24-10-6-4-8-22(24)23-9-5-7-11-25(23)26/h4-11,14-17,26H,12-13H2,1-3H3. The van der Waals surface area contributed by atoms with Crippen LogP contribution in [0.1, 0.15) is 40.2 Å². The van der Waals surface area contributed by atoms with Crippen molar-refractivity contribution in [1.82, 2.24) is 4.57 Å². The van der Waals surface area contributed by atoms with Crippen molar-refractivity contribution < 1.29 is 4.57 Å². The zero-order chi connectivity index (χ0) is 20.0. The predicted molar refractivity (Wildman–Crippen MR) is 117 cm³/mol. The molecule has 0 N–H and O–H groups in total. The van der Waals surface area contributed by atoms with E-state index in [-0.39, 0.29) is 0 Å². The van der Waals surface area contributed by atoms with Gasteiger partial charge < -0.3 is 9.13 Å². The molecular weight excluding hydrogens is 352 g/mol. The Bertz CT molecular complexity index is 1130. The summed E-state index contributed by atoms with van der Waals surface area (Å²) in [5, 5.41) is 0. The Kier molecular flexibility index (Phi) is 4.35. The van der Waals surface area contributed by atoms with Crippen LogP contribution in [0.4, 0.5) is 0 Å². The molecular formula is C27H26N2. The first kappa shape index (κ1) is 17.9. The molecule has 0 spiro atoms. The molecule has 0 radical (unpaired) electrons. The van der Waals surface area contributed by atoms with Crippen molar-refractivity contribution in [3.8, 4) is 16.8 Å². The fraction of sp³-hybridized carbons (Fsp3) is 0.222. The van der Waals surface area contributed by atoms with E-state index < -0.39 is 0 Å². The van der Waals surface area contributed by atoms with E-state index in [2.05, 4.69) is 109 Å². The Morgan fingerprint density at radius 1 is 0.862 bits per heavy atom. The van der Waals surface area contributed by atoms with Crippen LogP contribution in [0.5, 0.6) is 0 Å². The lowest BCUT2D eigenvalue weighted by Crippen LogP contribution is -2.32. The lowest BCUT2D eigenvalue weighted by molar-refractivity contribution is -0.700. The van der Waals surface area contributed by atoms with Gasteiger partial charge in [0.1, 0.15) is 0 Å². The number of hydrogen-bond acceptors (Lipinski definition) is 0. The fourth-order valence-electron chi connectivity index (χ4n) is 4.99. The first-order valence-corrected chi connectivity index (χ1v) is 10.4. The largest absolute Gasteiger partial charge is 0.326 e. The molecule has 144 valence electrons. The van der Waals surface area contributed by atoms with Gasteiger partial charge in [-0.3, -0.25) is 0 Å². The molecule has 0 bridgehead atoms. The summed E-state index contributed by atoms with van der Waals surface area (Å²) in [5.74, 6) is 0.453. The van der Waals surface area contributed by atoms with Gasteiger partial charge in [0.15, 0.2) is 0 Å². The van der Waals surface area contributed by atoms with Crippen LogP contribution < -0.4 is 4.57 Å². The van der Waals surface area contributed by atoms with Crippen LogP contribution >= 0.6 is 0 Å². The normalized spacial score (nSPS) is 12.8. The number of rotatable bonds is 4. The van der Waals surface area contributed by atoms with Crippen molar-refractivity contribution >= 4 is 0 Å². The summed E-state index contributed by atoms with van der Waals surface area (Å²) < 4.78 is 4.34. The summed E-state index contributed by atoms with van der Waals surface area (Å²) in [4.78, 5) is 0. The number of benzene rings is 3. The molecule has 4 aromatic rings. The zero-order valence-corrected chi connectivity index (χ0v) is 17.3. The van der Waals surface area contributed by atoms with Crippen molar-refractivity contribution in [2.24, 2.45) is 0 Å². The smallest absolute Gasteiger partial charge is 0.243 e. The maximum atomic E-state index is 3.54. The van der Waals surface area contributed by atoms with Gasteiger partial charge in [0.05, 0.1) is 12.2 Å². The third kappa shape index (κ3) is 3.09. The predicted octanol–water partition coefficient (Wildman–Crippen LogP) is 5.69. The second-order valence-electron chi connectivity index (χ2n) is 8.22. The summed E-state index contributed by atoms with van der Waals surface area (Å²) in [6, 6.07) is 22.2. The van der Waals surface area contributed by atoms with Crippen molar-refractivity contribution in [1.29, 1.82) is 0 Å². The number of aryl methyl sites for hydroxylation is 4. The Labute approximate surface area is 173 Å². The highest BCUT2D eigenvalue weighted by Gasteiger charge is 2.27. The molecule has 0 unspecified atom stereocenters. The zero-order valence-electron chi connectivity index (χ0n) is 17.3. The lowest BCUT2D eigenvalue weighted by Gasteiger charge is -2.14. The summed E-state index contributed by atoms with van der Waals surface area (Å²) in [7, 11) is 0. The van der Waals surface area contributed by atoms with E-state index in [9.17, 15) is 0 Å². The van der Waals surface area contributed by atoms with Gasteiger partial charge >= 0.3 is 0 Å². The SMILES string of the molecule is Cc1cc(C)c(-n2[c-][n+](CCC3c4ccccc4-c4ccccc43)cc2)c(C)c1. The van der Waals surface area contributed by atoms with Gasteiger partial charge in [-0.2, -0.15) is 0 Å². The minimum absolute atomic E-state index is 0.453. The third-order valence-electron chi connectivity index (χ3n) is 6.13. The van der Waals surface area contributed by atoms with Crippen LogP contribution in [0, 0.1) is 27.1 Å². The summed E-state index contributed by atoms with van der Waals surface area (Å²) in [5.41, 5.74) is 10.8. The summed E-state index contributed by atoms with van der Waals surface area (Å²) in [6.45, 7) is 7.46. The average molecular weight is 379 g/mol. The third-order valence-corrected chi connectivity index (χ3v) is 6.13. The molecule has 2 nitrogen and oxygen atoms in total. The van der Waals surface area contributed by atoms with Gasteiger partial charge in [0.25, 0.3) is 0 Å². The Morgan fingerprint density at radius 2 is 1.45 bits per heavy atom. The fourth-order valence-corrected chi connectivity index (χ4v) is 4.99. The molecule has 1 aliphatic rings. The minimum Gasteiger partial charge on any atom is -0.326 e. The molecule has 29 heavy (non-hydrogen) atoms. The summed E-state index contributed by atoms with van der Waals surface area (Å²) >= 11 is 0. The van der Waals surface area contributed by atoms with Crippen LogP contribution in [0.25, 0.3) is 16.8 Å². The monoisotopic (exact) mass is 378 g/mol. The minimum atomic E-state index is 0.453. The van der Waals surface area contributed by atoms with E-state index in [0.717, 1.165) is 13.0 Å². The molecule has 0 saturated heterocycles. The molecule has 0 amide bonds. The number of fused-ring (bicyclic) bond motifs is 3. The van der Waals surface area contributed by atoms with Crippen molar-refractivity contribution in [3.63, 3.8) is 0 Å². The van der Waals surface area contributed by atoms with Gasteiger partial charge in [-0.15, -0.1) is 0 Å². The molecule has 1 heterocycles. The van der Waals surface area contributed by atoms with Crippen molar-refractivity contribution in [3.05, 3.63) is 107 Å². The lowest BCUT2D eigenvalue weighted by atomic mass is 9.94. The quantitative estimate of drug-likeness (QED) is 0.318. The number of aromatic nitrogens is 2. The summed E-state index contributed by atoms with van der Waals surface area (Å²) in [6.07, 6.45) is 8.88. The van der Waals surface area contributed by atoms with Gasteiger partial charge in [0, 0.05) is 18.3 Å². The van der Waals surface area contributed by atoms with Crippen LogP contribution in [0.3, 0.4) is 0 Å². The van der Waals surface area contributed by atoms with Gasteiger partial charge in [0.2, 0.25) is 6.33 Å². The molecule has 3 aromatic carbocycles. The first-order chi connectivity index (χ1) is 14.1. The maximum Gasteiger partial charge on any atom is 0.243 e. The van der Waals surface area contributed by atoms with E-state index in [4.69, 9.17) is 0 Å². The van der Waals surface area contributed by atoms with Crippen molar-refractivity contribution in [2.75, 3.05) is 0 Å². The second kappa shape index (κ2) is 7.04. The molecule has 0 saturated carbocycles. The van der Waals surface area contributed by atoms with E-state index in [0.29, 0.717) is 5.92 Å². The Hall–Kier alpha value is -3.13. The van der Waals surface area contributed by atoms with E-state index in [1.165, 1.54) is 44.6 Å². The van der Waals surface area contributed by atoms with Crippen LogP contribution in [-0.4, -0.2) is 4.57 Å². The molecule has 0 aliphatic heterocycles. The average Bonchev–Trinajstić information content (AvgIpc) is 3.28. The topological polar surface area (TPSA) is 8.81 Å². The molecule has 2 heteroatoms. The second-order valence-corrected chi connectivity index (χ2v) is 8.22. The van der Waals surface area contributed by atoms with E-state index in [1.54, 1.807) is 0 Å². The molecule has 1 aliphatic carbocycles. The van der Waals surface area contributed by atoms with Crippen LogP contribution in [0.15, 0.2) is 73.1 Å². The van der Waals surface area contributed by atoms with Gasteiger partial charge in [-0.1, -0.05) is 66.2 Å². The number of imidazole rings is 1.